The van der Waals surface area contributed by atoms with Crippen LogP contribution in [0.25, 0.3) is 5.69 Å². The number of hydrogen-bond acceptors (Lipinski definition) is 5. The van der Waals surface area contributed by atoms with Crippen LogP contribution >= 0.6 is 0 Å². The minimum absolute atomic E-state index is 0.110. The minimum Gasteiger partial charge on any atom is -0.409 e. The van der Waals surface area contributed by atoms with E-state index in [9.17, 15) is 28.5 Å². The van der Waals surface area contributed by atoms with Crippen LogP contribution in [0.5, 0.6) is 0 Å². The molecule has 1 N–H and O–H groups in total. The SMILES string of the molecule is Cc1ccc(CCN=c2c([N+](=O)[O-])nn(-c3cccc(C(F)(F)F)c3)n2O)cc1. The molecule has 0 saturated heterocycles. The number of aryl methyl sites for hydroxylation is 1. The Bertz CT molecular complexity index is 1100. The Morgan fingerprint density at radius 1 is 1.21 bits per heavy atom. The van der Waals surface area contributed by atoms with Gasteiger partial charge in [0.05, 0.1) is 10.7 Å². The highest BCUT2D eigenvalue weighted by Gasteiger charge is 2.32. The number of halogens is 3. The smallest absolute Gasteiger partial charge is 0.409 e. The predicted octanol–water partition coefficient (Wildman–Crippen LogP) is 3.29. The molecule has 0 radical (unpaired) electrons. The molecule has 3 rings (SSSR count). The van der Waals surface area contributed by atoms with E-state index in [2.05, 4.69) is 10.1 Å². The van der Waals surface area contributed by atoms with Crippen molar-refractivity contribution in [3.63, 3.8) is 0 Å². The molecule has 3 aromatic rings. The quantitative estimate of drug-likeness (QED) is 0.399. The van der Waals surface area contributed by atoms with Crippen LogP contribution in [0, 0.1) is 17.0 Å². The zero-order chi connectivity index (χ0) is 21.2. The Kier molecular flexibility index (Phi) is 5.39. The Balaban J connectivity index is 1.97. The maximum atomic E-state index is 12.9. The number of hydrogen-bond donors (Lipinski definition) is 1. The van der Waals surface area contributed by atoms with Gasteiger partial charge in [-0.2, -0.15) is 13.2 Å². The number of aromatic nitrogens is 3. The number of nitrogens with zero attached hydrogens (tertiary/aromatic N) is 5. The van der Waals surface area contributed by atoms with E-state index in [1.807, 2.05) is 31.2 Å². The van der Waals surface area contributed by atoms with Crippen molar-refractivity contribution >= 4 is 5.82 Å². The fourth-order valence-electron chi connectivity index (χ4n) is 2.63. The summed E-state index contributed by atoms with van der Waals surface area (Å²) in [6, 6.07) is 11.5. The number of alkyl halides is 3. The van der Waals surface area contributed by atoms with E-state index in [1.165, 1.54) is 6.07 Å². The molecule has 0 amide bonds. The highest BCUT2D eigenvalue weighted by atomic mass is 19.4. The van der Waals surface area contributed by atoms with Gasteiger partial charge in [0.25, 0.3) is 5.49 Å². The van der Waals surface area contributed by atoms with E-state index in [4.69, 9.17) is 0 Å². The largest absolute Gasteiger partial charge is 0.438 e. The molecule has 0 unspecified atom stereocenters. The summed E-state index contributed by atoms with van der Waals surface area (Å²) in [4.78, 5) is 15.3. The molecule has 11 heteroatoms. The second-order valence-electron chi connectivity index (χ2n) is 6.25. The zero-order valence-corrected chi connectivity index (χ0v) is 15.2. The lowest BCUT2D eigenvalue weighted by Crippen LogP contribution is -2.23. The Hall–Kier alpha value is -3.63. The molecule has 0 fully saturated rings. The Labute approximate surface area is 162 Å². The highest BCUT2D eigenvalue weighted by Crippen LogP contribution is 2.30. The molecule has 0 atom stereocenters. The molecule has 1 heterocycles. The van der Waals surface area contributed by atoms with Crippen molar-refractivity contribution in [3.05, 3.63) is 80.8 Å². The van der Waals surface area contributed by atoms with E-state index in [0.29, 0.717) is 11.2 Å². The number of benzene rings is 2. The standard InChI is InChI=1S/C18H16F3N5O3/c1-12-5-7-13(8-6-12)9-10-22-16-17(26(28)29)23-24(25(16)27)15-4-2-3-14(11-15)18(19,20)21/h2-8,11,27H,9-10H2,1H3. The third-order valence-corrected chi connectivity index (χ3v) is 4.12. The van der Waals surface area contributed by atoms with Crippen molar-refractivity contribution in [3.8, 4) is 5.69 Å². The van der Waals surface area contributed by atoms with Gasteiger partial charge in [0.1, 0.15) is 5.69 Å². The minimum atomic E-state index is -4.61. The molecule has 0 bridgehead atoms. The first-order chi connectivity index (χ1) is 13.7. The lowest BCUT2D eigenvalue weighted by Gasteiger charge is -2.07. The average molecular weight is 407 g/mol. The molecule has 0 aliphatic heterocycles. The van der Waals surface area contributed by atoms with Gasteiger partial charge in [-0.05, 0) is 46.8 Å². The van der Waals surface area contributed by atoms with Gasteiger partial charge in [0, 0.05) is 6.54 Å². The van der Waals surface area contributed by atoms with Crippen molar-refractivity contribution in [2.45, 2.75) is 19.5 Å². The van der Waals surface area contributed by atoms with Gasteiger partial charge in [-0.15, -0.1) is 0 Å². The van der Waals surface area contributed by atoms with Crippen LogP contribution < -0.4 is 5.49 Å². The van der Waals surface area contributed by atoms with Gasteiger partial charge in [0.2, 0.25) is 0 Å². The summed E-state index contributed by atoms with van der Waals surface area (Å²) in [6.07, 6.45) is -4.16. The number of nitro groups is 1. The van der Waals surface area contributed by atoms with Crippen LogP contribution in [0.1, 0.15) is 16.7 Å². The first-order valence-corrected chi connectivity index (χ1v) is 8.46. The molecule has 2 aromatic carbocycles. The van der Waals surface area contributed by atoms with Gasteiger partial charge in [-0.25, -0.2) is 0 Å². The Morgan fingerprint density at radius 3 is 2.52 bits per heavy atom. The fraction of sp³-hybridized carbons (Fsp3) is 0.222. The van der Waals surface area contributed by atoms with Crippen LogP contribution in [0.2, 0.25) is 0 Å². The lowest BCUT2D eigenvalue weighted by atomic mass is 10.1. The maximum absolute atomic E-state index is 12.9. The van der Waals surface area contributed by atoms with Gasteiger partial charge < -0.3 is 15.3 Å². The second-order valence-corrected chi connectivity index (χ2v) is 6.25. The van der Waals surface area contributed by atoms with Crippen molar-refractivity contribution in [1.29, 1.82) is 0 Å². The normalized spacial score (nSPS) is 12.3. The first kappa shape index (κ1) is 20.1. The fourth-order valence-corrected chi connectivity index (χ4v) is 2.63. The first-order valence-electron chi connectivity index (χ1n) is 8.46. The van der Waals surface area contributed by atoms with Crippen LogP contribution in [0.4, 0.5) is 19.0 Å². The molecule has 8 nitrogen and oxygen atoms in total. The molecule has 29 heavy (non-hydrogen) atoms. The van der Waals surface area contributed by atoms with Crippen LogP contribution in [0.15, 0.2) is 53.5 Å². The van der Waals surface area contributed by atoms with Crippen LogP contribution in [0.3, 0.4) is 0 Å². The summed E-state index contributed by atoms with van der Waals surface area (Å²) in [5.41, 5.74) is 0.379. The molecule has 0 saturated carbocycles. The third-order valence-electron chi connectivity index (χ3n) is 4.12. The average Bonchev–Trinajstić information content (AvgIpc) is 3.00. The van der Waals surface area contributed by atoms with Crippen molar-refractivity contribution in [1.82, 2.24) is 14.7 Å². The highest BCUT2D eigenvalue weighted by molar-refractivity contribution is 5.36. The molecular formula is C18H16F3N5O3. The molecule has 1 aromatic heterocycles. The summed E-state index contributed by atoms with van der Waals surface area (Å²) in [7, 11) is 0. The summed E-state index contributed by atoms with van der Waals surface area (Å²) in [6.45, 7) is 2.05. The second kappa shape index (κ2) is 7.78. The maximum Gasteiger partial charge on any atom is 0.438 e. The predicted molar refractivity (Wildman–Crippen MR) is 95.7 cm³/mol. The zero-order valence-electron chi connectivity index (χ0n) is 15.2. The number of rotatable bonds is 5. The van der Waals surface area contributed by atoms with E-state index in [1.54, 1.807) is 0 Å². The molecule has 152 valence electrons. The van der Waals surface area contributed by atoms with Crippen molar-refractivity contribution in [2.75, 3.05) is 6.54 Å². The van der Waals surface area contributed by atoms with E-state index in [0.717, 1.165) is 29.3 Å². The summed E-state index contributed by atoms with van der Waals surface area (Å²) < 4.78 is 38.8. The summed E-state index contributed by atoms with van der Waals surface area (Å²) in [5.74, 6) is -0.770. The monoisotopic (exact) mass is 407 g/mol. The van der Waals surface area contributed by atoms with E-state index < -0.39 is 28.0 Å². The van der Waals surface area contributed by atoms with Crippen molar-refractivity contribution < 1.29 is 23.3 Å². The van der Waals surface area contributed by atoms with E-state index >= 15 is 0 Å². The topological polar surface area (TPSA) is 98.5 Å². The Morgan fingerprint density at radius 2 is 1.90 bits per heavy atom. The summed E-state index contributed by atoms with van der Waals surface area (Å²) in [5, 5.41) is 25.2. The third kappa shape index (κ3) is 4.45. The van der Waals surface area contributed by atoms with Gasteiger partial charge >= 0.3 is 12.0 Å². The molecule has 0 spiro atoms. The summed E-state index contributed by atoms with van der Waals surface area (Å²) >= 11 is 0. The molecule has 0 aliphatic rings. The van der Waals surface area contributed by atoms with E-state index in [-0.39, 0.29) is 17.1 Å². The van der Waals surface area contributed by atoms with Gasteiger partial charge in [-0.3, -0.25) is 4.99 Å². The molecule has 0 aliphatic carbocycles. The molecular weight excluding hydrogens is 391 g/mol. The van der Waals surface area contributed by atoms with Crippen LogP contribution in [-0.2, 0) is 12.6 Å². The van der Waals surface area contributed by atoms with Crippen LogP contribution in [-0.4, -0.2) is 31.4 Å². The van der Waals surface area contributed by atoms with Crippen molar-refractivity contribution in [2.24, 2.45) is 4.99 Å². The lowest BCUT2D eigenvalue weighted by molar-refractivity contribution is -0.391. The van der Waals surface area contributed by atoms with Gasteiger partial charge in [0.15, 0.2) is 0 Å². The van der Waals surface area contributed by atoms with Gasteiger partial charge in [-0.1, -0.05) is 40.7 Å².